The van der Waals surface area contributed by atoms with Gasteiger partial charge >= 0.3 is 0 Å². The first kappa shape index (κ1) is 12.3. The molecule has 0 aromatic carbocycles. The zero-order valence-electron chi connectivity index (χ0n) is 7.71. The van der Waals surface area contributed by atoms with Gasteiger partial charge in [0.1, 0.15) is 0 Å². The third-order valence-electron chi connectivity index (χ3n) is 1.64. The lowest BCUT2D eigenvalue weighted by Crippen LogP contribution is -2.20. The van der Waals surface area contributed by atoms with Crippen LogP contribution in [-0.4, -0.2) is 14.7 Å². The van der Waals surface area contributed by atoms with E-state index in [1.54, 1.807) is 6.21 Å². The van der Waals surface area contributed by atoms with Gasteiger partial charge in [-0.1, -0.05) is 45.2 Å². The van der Waals surface area contributed by atoms with Crippen LogP contribution in [0.25, 0.3) is 0 Å². The van der Waals surface area contributed by atoms with E-state index in [2.05, 4.69) is 61.0 Å². The quantitative estimate of drug-likeness (QED) is 0.410. The SMILES string of the molecule is ICCC[C@@H](I)N/C=C1/C=CC=NN1. The van der Waals surface area contributed by atoms with Crippen LogP contribution in [0.1, 0.15) is 12.8 Å². The third kappa shape index (κ3) is 5.18. The Hall–Kier alpha value is 0.210. The maximum Gasteiger partial charge on any atom is 0.0777 e. The van der Waals surface area contributed by atoms with Gasteiger partial charge in [-0.25, -0.2) is 0 Å². The molecule has 0 amide bonds. The summed E-state index contributed by atoms with van der Waals surface area (Å²) in [6, 6.07) is 0. The lowest BCUT2D eigenvalue weighted by molar-refractivity contribution is 0.711. The summed E-state index contributed by atoms with van der Waals surface area (Å²) < 4.78 is 1.72. The van der Waals surface area contributed by atoms with Crippen LogP contribution in [0.5, 0.6) is 0 Å². The molecule has 14 heavy (non-hydrogen) atoms. The average Bonchev–Trinajstić information content (AvgIpc) is 2.25. The minimum atomic E-state index is 0.496. The van der Waals surface area contributed by atoms with Crippen LogP contribution in [0.4, 0.5) is 0 Å². The standard InChI is InChI=1S/C9H13I2N3/c10-5-1-4-9(11)12-7-8-3-2-6-13-14-8/h2-3,6-7,9,12,14H,1,4-5H2/b8-7-/t9-/m0/s1. The summed E-state index contributed by atoms with van der Waals surface area (Å²) in [7, 11) is 0. The lowest BCUT2D eigenvalue weighted by atomic mass is 10.3. The van der Waals surface area contributed by atoms with Crippen molar-refractivity contribution >= 4 is 51.4 Å². The molecule has 3 nitrogen and oxygen atoms in total. The maximum atomic E-state index is 3.92. The van der Waals surface area contributed by atoms with Crippen LogP contribution < -0.4 is 10.7 Å². The van der Waals surface area contributed by atoms with Crippen molar-refractivity contribution in [1.82, 2.24) is 10.7 Å². The number of hydrogen-bond acceptors (Lipinski definition) is 3. The second-order valence-electron chi connectivity index (χ2n) is 2.81. The Morgan fingerprint density at radius 1 is 1.64 bits per heavy atom. The second kappa shape index (κ2) is 7.49. The molecule has 1 aliphatic heterocycles. The van der Waals surface area contributed by atoms with E-state index in [0.717, 1.165) is 5.70 Å². The van der Waals surface area contributed by atoms with Gasteiger partial charge < -0.3 is 5.32 Å². The van der Waals surface area contributed by atoms with E-state index in [-0.39, 0.29) is 0 Å². The molecule has 0 radical (unpaired) electrons. The van der Waals surface area contributed by atoms with Gasteiger partial charge in [-0.3, -0.25) is 5.43 Å². The van der Waals surface area contributed by atoms with Gasteiger partial charge in [-0.05, 0) is 29.4 Å². The predicted octanol–water partition coefficient (Wildman–Crippen LogP) is 2.54. The number of hydrazone groups is 1. The van der Waals surface area contributed by atoms with Crippen molar-refractivity contribution in [2.75, 3.05) is 4.43 Å². The van der Waals surface area contributed by atoms with E-state index in [1.807, 2.05) is 18.4 Å². The zero-order chi connectivity index (χ0) is 10.2. The van der Waals surface area contributed by atoms with Gasteiger partial charge in [-0.15, -0.1) is 0 Å². The number of halogens is 2. The summed E-state index contributed by atoms with van der Waals surface area (Å²) in [6.07, 6.45) is 10.1. The van der Waals surface area contributed by atoms with E-state index in [1.165, 1.54) is 17.3 Å². The van der Waals surface area contributed by atoms with Crippen molar-refractivity contribution in [2.45, 2.75) is 16.9 Å². The van der Waals surface area contributed by atoms with Crippen molar-refractivity contribution in [3.63, 3.8) is 0 Å². The predicted molar refractivity (Wildman–Crippen MR) is 77.9 cm³/mol. The van der Waals surface area contributed by atoms with Crippen LogP contribution in [0, 0.1) is 0 Å². The van der Waals surface area contributed by atoms with Gasteiger partial charge in [0, 0.05) is 12.4 Å². The van der Waals surface area contributed by atoms with E-state index in [9.17, 15) is 0 Å². The van der Waals surface area contributed by atoms with Crippen molar-refractivity contribution in [3.8, 4) is 0 Å². The molecule has 0 saturated heterocycles. The number of hydrogen-bond donors (Lipinski definition) is 2. The fourth-order valence-electron chi connectivity index (χ4n) is 0.939. The van der Waals surface area contributed by atoms with Gasteiger partial charge in [0.2, 0.25) is 0 Å². The Labute approximate surface area is 112 Å². The van der Waals surface area contributed by atoms with Gasteiger partial charge in [0.25, 0.3) is 0 Å². The van der Waals surface area contributed by atoms with E-state index < -0.39 is 0 Å². The molecule has 0 aromatic rings. The van der Waals surface area contributed by atoms with Crippen LogP contribution in [0.3, 0.4) is 0 Å². The summed E-state index contributed by atoms with van der Waals surface area (Å²) in [5.41, 5.74) is 3.91. The molecule has 0 saturated carbocycles. The lowest BCUT2D eigenvalue weighted by Gasteiger charge is -2.11. The monoisotopic (exact) mass is 417 g/mol. The van der Waals surface area contributed by atoms with Crippen LogP contribution in [-0.2, 0) is 0 Å². The summed E-state index contributed by atoms with van der Waals surface area (Å²) in [5, 5.41) is 7.25. The first-order valence-corrected chi connectivity index (χ1v) is 7.22. The number of alkyl halides is 2. The molecule has 0 aromatic heterocycles. The summed E-state index contributed by atoms with van der Waals surface area (Å²) in [5.74, 6) is 0. The molecule has 1 aliphatic rings. The van der Waals surface area contributed by atoms with Crippen molar-refractivity contribution in [3.05, 3.63) is 24.0 Å². The third-order valence-corrected chi connectivity index (χ3v) is 3.39. The maximum absolute atomic E-state index is 3.92. The average molecular weight is 417 g/mol. The van der Waals surface area contributed by atoms with Crippen LogP contribution in [0.2, 0.25) is 0 Å². The molecule has 0 aliphatic carbocycles. The topological polar surface area (TPSA) is 36.4 Å². The minimum Gasteiger partial charge on any atom is -0.378 e. The first-order valence-electron chi connectivity index (χ1n) is 4.45. The molecule has 1 atom stereocenters. The molecule has 0 spiro atoms. The zero-order valence-corrected chi connectivity index (χ0v) is 12.0. The highest BCUT2D eigenvalue weighted by atomic mass is 127. The Morgan fingerprint density at radius 3 is 3.14 bits per heavy atom. The van der Waals surface area contributed by atoms with Crippen molar-refractivity contribution in [2.24, 2.45) is 5.10 Å². The summed E-state index contributed by atoms with van der Waals surface area (Å²) >= 11 is 4.81. The highest BCUT2D eigenvalue weighted by Gasteiger charge is 2.00. The fraction of sp³-hybridized carbons (Fsp3) is 0.444. The molecule has 0 fully saturated rings. The molecular weight excluding hydrogens is 404 g/mol. The van der Waals surface area contributed by atoms with Gasteiger partial charge in [0.05, 0.1) is 9.75 Å². The normalized spacial score (nSPS) is 19.4. The second-order valence-corrected chi connectivity index (χ2v) is 5.40. The van der Waals surface area contributed by atoms with E-state index in [4.69, 9.17) is 0 Å². The largest absolute Gasteiger partial charge is 0.378 e. The first-order chi connectivity index (χ1) is 6.83. The van der Waals surface area contributed by atoms with Crippen molar-refractivity contribution < 1.29 is 0 Å². The smallest absolute Gasteiger partial charge is 0.0777 e. The van der Waals surface area contributed by atoms with Crippen molar-refractivity contribution in [1.29, 1.82) is 0 Å². The van der Waals surface area contributed by atoms with E-state index >= 15 is 0 Å². The molecule has 2 N–H and O–H groups in total. The van der Waals surface area contributed by atoms with Crippen LogP contribution >= 0.6 is 45.2 Å². The highest BCUT2D eigenvalue weighted by Crippen LogP contribution is 2.07. The molecule has 5 heteroatoms. The number of nitrogens with zero attached hydrogens (tertiary/aromatic N) is 1. The molecule has 0 bridgehead atoms. The summed E-state index contributed by atoms with van der Waals surface area (Å²) in [6.45, 7) is 0. The van der Waals surface area contributed by atoms with Crippen LogP contribution in [0.15, 0.2) is 29.2 Å². The molecule has 0 unspecified atom stereocenters. The van der Waals surface area contributed by atoms with Gasteiger partial charge in [-0.2, -0.15) is 5.10 Å². The molecule has 78 valence electrons. The minimum absolute atomic E-state index is 0.496. The number of nitrogens with one attached hydrogen (secondary N) is 2. The van der Waals surface area contributed by atoms with E-state index in [0.29, 0.717) is 4.05 Å². The molecule has 1 rings (SSSR count). The molecular formula is C9H13I2N3. The number of allylic oxidation sites excluding steroid dienone is 2. The molecule has 1 heterocycles. The summed E-state index contributed by atoms with van der Waals surface area (Å²) in [4.78, 5) is 0. The highest BCUT2D eigenvalue weighted by molar-refractivity contribution is 14.1. The fourth-order valence-corrected chi connectivity index (χ4v) is 2.00. The Morgan fingerprint density at radius 2 is 2.50 bits per heavy atom. The Kier molecular flexibility index (Phi) is 6.57. The van der Waals surface area contributed by atoms with Gasteiger partial charge in [0.15, 0.2) is 0 Å². The Bertz CT molecular complexity index is 248. The Balaban J connectivity index is 2.24. The number of rotatable bonds is 5.